The molecule has 0 spiro atoms. The number of hydrogen-bond acceptors (Lipinski definition) is 4. The van der Waals surface area contributed by atoms with Crippen LogP contribution in [-0.2, 0) is 16.1 Å². The Labute approximate surface area is 160 Å². The minimum absolute atomic E-state index is 0.0512. The molecule has 140 valence electrons. The van der Waals surface area contributed by atoms with Gasteiger partial charge in [-0.2, -0.15) is 0 Å². The van der Waals surface area contributed by atoms with E-state index < -0.39 is 0 Å². The number of carbonyl (C=O) groups is 2. The number of nitrogens with zero attached hydrogens (tertiary/aromatic N) is 1. The van der Waals surface area contributed by atoms with E-state index in [0.717, 1.165) is 16.6 Å². The molecule has 0 bridgehead atoms. The van der Waals surface area contributed by atoms with Gasteiger partial charge in [-0.25, -0.2) is 0 Å². The average molecular weight is 383 g/mol. The van der Waals surface area contributed by atoms with Gasteiger partial charge in [-0.1, -0.05) is 36.5 Å². The van der Waals surface area contributed by atoms with E-state index in [1.54, 1.807) is 28.8 Å². The van der Waals surface area contributed by atoms with Crippen LogP contribution in [0.25, 0.3) is 10.2 Å². The van der Waals surface area contributed by atoms with Gasteiger partial charge in [-0.05, 0) is 36.8 Å². The van der Waals surface area contributed by atoms with E-state index in [0.29, 0.717) is 24.3 Å². The molecule has 0 aliphatic heterocycles. The molecule has 7 heteroatoms. The third-order valence-corrected chi connectivity index (χ3v) is 5.00. The zero-order valence-corrected chi connectivity index (χ0v) is 15.8. The Hall–Kier alpha value is -2.93. The summed E-state index contributed by atoms with van der Waals surface area (Å²) in [6.07, 6.45) is 1.42. The van der Waals surface area contributed by atoms with Crippen molar-refractivity contribution >= 4 is 44.7 Å². The number of rotatable bonds is 7. The van der Waals surface area contributed by atoms with Gasteiger partial charge in [-0.3, -0.25) is 19.0 Å². The molecule has 2 amide bonds. The van der Waals surface area contributed by atoms with Gasteiger partial charge in [0.25, 0.3) is 0 Å². The summed E-state index contributed by atoms with van der Waals surface area (Å²) < 4.78 is 2.54. The molecule has 6 nitrogen and oxygen atoms in total. The van der Waals surface area contributed by atoms with E-state index in [1.165, 1.54) is 11.3 Å². The first kappa shape index (κ1) is 18.8. The molecule has 2 N–H and O–H groups in total. The highest BCUT2D eigenvalue weighted by atomic mass is 32.1. The van der Waals surface area contributed by atoms with E-state index in [4.69, 9.17) is 0 Å². The zero-order valence-electron chi connectivity index (χ0n) is 15.0. The van der Waals surface area contributed by atoms with Crippen LogP contribution in [0.5, 0.6) is 0 Å². The second-order valence-electron chi connectivity index (χ2n) is 6.16. The molecule has 0 fully saturated rings. The van der Waals surface area contributed by atoms with Crippen molar-refractivity contribution in [2.75, 3.05) is 10.6 Å². The molecule has 0 unspecified atom stereocenters. The number of carbonyl (C=O) groups excluding carboxylic acids is 2. The number of aromatic nitrogens is 1. The van der Waals surface area contributed by atoms with Crippen LogP contribution in [0.4, 0.5) is 11.4 Å². The number of anilines is 2. The largest absolute Gasteiger partial charge is 0.326 e. The Kier molecular flexibility index (Phi) is 6.03. The molecule has 3 aromatic rings. The third kappa shape index (κ3) is 4.83. The van der Waals surface area contributed by atoms with E-state index in [1.807, 2.05) is 31.2 Å². The van der Waals surface area contributed by atoms with Crippen molar-refractivity contribution in [3.63, 3.8) is 0 Å². The molecule has 3 rings (SSSR count). The SMILES string of the molecule is CCCC(=O)Nc1cccc(NC(=O)CCn2c(=O)sc3ccccc32)c1. The monoisotopic (exact) mass is 383 g/mol. The van der Waals surface area contributed by atoms with Crippen molar-refractivity contribution in [2.24, 2.45) is 0 Å². The van der Waals surface area contributed by atoms with Gasteiger partial charge >= 0.3 is 4.87 Å². The molecular weight excluding hydrogens is 362 g/mol. The van der Waals surface area contributed by atoms with Crippen LogP contribution in [-0.4, -0.2) is 16.4 Å². The summed E-state index contributed by atoms with van der Waals surface area (Å²) in [5.74, 6) is -0.237. The smallest absolute Gasteiger partial charge is 0.308 e. The van der Waals surface area contributed by atoms with Crippen molar-refractivity contribution in [2.45, 2.75) is 32.7 Å². The van der Waals surface area contributed by atoms with Crippen molar-refractivity contribution < 1.29 is 9.59 Å². The molecule has 2 aromatic carbocycles. The molecule has 27 heavy (non-hydrogen) atoms. The lowest BCUT2D eigenvalue weighted by Gasteiger charge is -2.09. The van der Waals surface area contributed by atoms with Crippen LogP contribution in [0.2, 0.25) is 0 Å². The fourth-order valence-corrected chi connectivity index (χ4v) is 3.71. The highest BCUT2D eigenvalue weighted by Gasteiger charge is 2.10. The highest BCUT2D eigenvalue weighted by Crippen LogP contribution is 2.18. The molecule has 0 aliphatic rings. The van der Waals surface area contributed by atoms with Gasteiger partial charge in [0.15, 0.2) is 0 Å². The van der Waals surface area contributed by atoms with Crippen LogP contribution in [0.15, 0.2) is 53.3 Å². The van der Waals surface area contributed by atoms with Crippen LogP contribution >= 0.6 is 11.3 Å². The summed E-state index contributed by atoms with van der Waals surface area (Å²) in [6.45, 7) is 2.26. The molecular formula is C20H21N3O3S. The molecule has 1 aromatic heterocycles. The number of benzene rings is 2. The van der Waals surface area contributed by atoms with Gasteiger partial charge in [0.05, 0.1) is 10.2 Å². The Morgan fingerprint density at radius 1 is 0.963 bits per heavy atom. The van der Waals surface area contributed by atoms with Gasteiger partial charge in [-0.15, -0.1) is 0 Å². The lowest BCUT2D eigenvalue weighted by Crippen LogP contribution is -2.19. The van der Waals surface area contributed by atoms with Gasteiger partial charge in [0, 0.05) is 30.8 Å². The number of thiazole rings is 1. The van der Waals surface area contributed by atoms with Gasteiger partial charge in [0.1, 0.15) is 0 Å². The molecule has 0 atom stereocenters. The predicted octanol–water partition coefficient (Wildman–Crippen LogP) is 3.83. The number of aryl methyl sites for hydroxylation is 1. The summed E-state index contributed by atoms with van der Waals surface area (Å²) in [5.41, 5.74) is 2.10. The molecule has 1 heterocycles. The second-order valence-corrected chi connectivity index (χ2v) is 7.16. The predicted molar refractivity (Wildman–Crippen MR) is 109 cm³/mol. The number of nitrogens with one attached hydrogen (secondary N) is 2. The number of amides is 2. The highest BCUT2D eigenvalue weighted by molar-refractivity contribution is 7.16. The summed E-state index contributed by atoms with van der Waals surface area (Å²) in [4.78, 5) is 36.0. The van der Waals surface area contributed by atoms with Crippen LogP contribution in [0.3, 0.4) is 0 Å². The number of para-hydroxylation sites is 1. The van der Waals surface area contributed by atoms with Crippen LogP contribution in [0.1, 0.15) is 26.2 Å². The Morgan fingerprint density at radius 3 is 2.33 bits per heavy atom. The second kappa shape index (κ2) is 8.64. The topological polar surface area (TPSA) is 80.2 Å². The maximum absolute atomic E-state index is 12.3. The van der Waals surface area contributed by atoms with Crippen LogP contribution in [0, 0.1) is 0 Å². The Bertz CT molecular complexity index is 1020. The Balaban J connectivity index is 1.62. The van der Waals surface area contributed by atoms with E-state index >= 15 is 0 Å². The van der Waals surface area contributed by atoms with Crippen molar-refractivity contribution in [3.8, 4) is 0 Å². The maximum atomic E-state index is 12.3. The van der Waals surface area contributed by atoms with Crippen molar-refractivity contribution in [3.05, 3.63) is 58.2 Å². The number of fused-ring (bicyclic) bond motifs is 1. The molecule has 0 saturated carbocycles. The fourth-order valence-electron chi connectivity index (χ4n) is 2.79. The first-order valence-corrected chi connectivity index (χ1v) is 9.66. The first-order chi connectivity index (χ1) is 13.1. The molecule has 0 saturated heterocycles. The van der Waals surface area contributed by atoms with Crippen LogP contribution < -0.4 is 15.5 Å². The molecule has 0 aliphatic carbocycles. The summed E-state index contributed by atoms with van der Waals surface area (Å²) in [5, 5.41) is 5.62. The third-order valence-electron chi connectivity index (χ3n) is 4.04. The minimum atomic E-state index is -0.186. The maximum Gasteiger partial charge on any atom is 0.308 e. The fraction of sp³-hybridized carbons (Fsp3) is 0.250. The normalized spacial score (nSPS) is 10.7. The quantitative estimate of drug-likeness (QED) is 0.651. The van der Waals surface area contributed by atoms with E-state index in [9.17, 15) is 14.4 Å². The number of hydrogen-bond donors (Lipinski definition) is 2. The van der Waals surface area contributed by atoms with E-state index in [2.05, 4.69) is 10.6 Å². The Morgan fingerprint density at radius 2 is 1.63 bits per heavy atom. The standard InChI is InChI=1S/C20H21N3O3S/c1-2-6-18(24)21-14-7-5-8-15(13-14)22-19(25)11-12-23-16-9-3-4-10-17(16)27-20(23)26/h3-5,7-10,13H,2,6,11-12H2,1H3,(H,21,24)(H,22,25). The summed E-state index contributed by atoms with van der Waals surface area (Å²) in [7, 11) is 0. The van der Waals surface area contributed by atoms with Crippen molar-refractivity contribution in [1.82, 2.24) is 4.57 Å². The first-order valence-electron chi connectivity index (χ1n) is 8.85. The zero-order chi connectivity index (χ0) is 19.2. The summed E-state index contributed by atoms with van der Waals surface area (Å²) in [6, 6.07) is 14.6. The molecule has 0 radical (unpaired) electrons. The van der Waals surface area contributed by atoms with Gasteiger partial charge in [0.2, 0.25) is 11.8 Å². The van der Waals surface area contributed by atoms with E-state index in [-0.39, 0.29) is 23.1 Å². The van der Waals surface area contributed by atoms with Gasteiger partial charge < -0.3 is 10.6 Å². The average Bonchev–Trinajstić information content (AvgIpc) is 2.95. The minimum Gasteiger partial charge on any atom is -0.326 e. The van der Waals surface area contributed by atoms with Crippen molar-refractivity contribution in [1.29, 1.82) is 0 Å². The summed E-state index contributed by atoms with van der Waals surface area (Å²) >= 11 is 1.18. The lowest BCUT2D eigenvalue weighted by atomic mass is 10.2. The lowest BCUT2D eigenvalue weighted by molar-refractivity contribution is -0.117.